The summed E-state index contributed by atoms with van der Waals surface area (Å²) in [4.78, 5) is 0. The molecule has 11 heavy (non-hydrogen) atoms. The Labute approximate surface area is 70.5 Å². The van der Waals surface area contributed by atoms with Crippen LogP contribution in [-0.2, 0) is 0 Å². The topological polar surface area (TPSA) is 38.0 Å². The Bertz CT molecular complexity index is 91.6. The Morgan fingerprint density at radius 2 is 1.82 bits per heavy atom. The molecule has 2 nitrogen and oxygen atoms in total. The van der Waals surface area contributed by atoms with Gasteiger partial charge in [-0.1, -0.05) is 20.8 Å². The maximum atomic E-state index is 5.55. The molecule has 0 heterocycles. The molecular formula is C9H22N2. The van der Waals surface area contributed by atoms with Crippen molar-refractivity contribution in [3.05, 3.63) is 0 Å². The molecule has 0 aliphatic rings. The van der Waals surface area contributed by atoms with Crippen LogP contribution in [0, 0.1) is 11.8 Å². The Hall–Kier alpha value is -0.0800. The normalized spacial score (nSPS) is 16.9. The van der Waals surface area contributed by atoms with Gasteiger partial charge >= 0.3 is 0 Å². The van der Waals surface area contributed by atoms with E-state index >= 15 is 0 Å². The highest BCUT2D eigenvalue weighted by molar-refractivity contribution is 4.71. The standard InChI is InChI=1S/C9H22N2/c1-7(2)9(11-4)5-8(3)6-10/h7-9,11H,5-6,10H2,1-4H3. The third kappa shape index (κ3) is 4.38. The van der Waals surface area contributed by atoms with Crippen LogP contribution >= 0.6 is 0 Å². The van der Waals surface area contributed by atoms with Gasteiger partial charge in [0.1, 0.15) is 0 Å². The second-order valence-electron chi connectivity index (χ2n) is 3.72. The second-order valence-corrected chi connectivity index (χ2v) is 3.72. The van der Waals surface area contributed by atoms with Crippen LogP contribution < -0.4 is 11.1 Å². The quantitative estimate of drug-likeness (QED) is 0.631. The zero-order chi connectivity index (χ0) is 8.85. The van der Waals surface area contributed by atoms with Crippen molar-refractivity contribution in [2.75, 3.05) is 13.6 Å². The van der Waals surface area contributed by atoms with Crippen LogP contribution in [0.4, 0.5) is 0 Å². The number of nitrogens with one attached hydrogen (secondary N) is 1. The Morgan fingerprint density at radius 3 is 2.09 bits per heavy atom. The third-order valence-corrected chi connectivity index (χ3v) is 2.23. The molecule has 2 atom stereocenters. The fourth-order valence-electron chi connectivity index (χ4n) is 1.25. The highest BCUT2D eigenvalue weighted by Crippen LogP contribution is 2.11. The van der Waals surface area contributed by atoms with Gasteiger partial charge in [0.05, 0.1) is 0 Å². The van der Waals surface area contributed by atoms with Crippen molar-refractivity contribution in [1.29, 1.82) is 0 Å². The summed E-state index contributed by atoms with van der Waals surface area (Å²) in [5.74, 6) is 1.34. The van der Waals surface area contributed by atoms with Crippen LogP contribution in [-0.4, -0.2) is 19.6 Å². The smallest absolute Gasteiger partial charge is 0.00900 e. The molecule has 0 saturated carbocycles. The summed E-state index contributed by atoms with van der Waals surface area (Å²) in [6, 6.07) is 0.619. The highest BCUT2D eigenvalue weighted by Gasteiger charge is 2.13. The van der Waals surface area contributed by atoms with Crippen molar-refractivity contribution < 1.29 is 0 Å². The molecule has 0 bridgehead atoms. The lowest BCUT2D eigenvalue weighted by Gasteiger charge is -2.22. The molecule has 0 fully saturated rings. The molecule has 0 radical (unpaired) electrons. The van der Waals surface area contributed by atoms with Crippen LogP contribution in [0.3, 0.4) is 0 Å². The summed E-state index contributed by atoms with van der Waals surface area (Å²) in [7, 11) is 2.02. The molecule has 2 heteroatoms. The maximum absolute atomic E-state index is 5.55. The van der Waals surface area contributed by atoms with Gasteiger partial charge in [-0.2, -0.15) is 0 Å². The maximum Gasteiger partial charge on any atom is 0.00900 e. The molecule has 3 N–H and O–H groups in total. The number of hydrogen-bond donors (Lipinski definition) is 2. The second kappa shape index (κ2) is 5.56. The third-order valence-electron chi connectivity index (χ3n) is 2.23. The molecule has 0 spiro atoms. The van der Waals surface area contributed by atoms with E-state index < -0.39 is 0 Å². The zero-order valence-corrected chi connectivity index (χ0v) is 8.22. The summed E-state index contributed by atoms with van der Waals surface area (Å²) in [6.07, 6.45) is 1.19. The highest BCUT2D eigenvalue weighted by atomic mass is 14.9. The van der Waals surface area contributed by atoms with E-state index in [2.05, 4.69) is 26.1 Å². The van der Waals surface area contributed by atoms with Crippen molar-refractivity contribution in [2.45, 2.75) is 33.2 Å². The molecule has 0 aromatic rings. The van der Waals surface area contributed by atoms with Gasteiger partial charge in [-0.15, -0.1) is 0 Å². The fourth-order valence-corrected chi connectivity index (χ4v) is 1.25. The van der Waals surface area contributed by atoms with Gasteiger partial charge in [0, 0.05) is 6.04 Å². The molecule has 0 aromatic heterocycles. The predicted octanol–water partition coefficient (Wildman–Crippen LogP) is 1.22. The van der Waals surface area contributed by atoms with E-state index in [4.69, 9.17) is 5.73 Å². The van der Waals surface area contributed by atoms with Crippen molar-refractivity contribution in [3.8, 4) is 0 Å². The lowest BCUT2D eigenvalue weighted by atomic mass is 9.94. The van der Waals surface area contributed by atoms with Crippen LogP contribution in [0.5, 0.6) is 0 Å². The minimum atomic E-state index is 0.619. The summed E-state index contributed by atoms with van der Waals surface area (Å²) >= 11 is 0. The molecule has 0 aromatic carbocycles. The van der Waals surface area contributed by atoms with Crippen molar-refractivity contribution in [2.24, 2.45) is 17.6 Å². The van der Waals surface area contributed by atoms with Gasteiger partial charge in [0.25, 0.3) is 0 Å². The molecule has 68 valence electrons. The Morgan fingerprint density at radius 1 is 1.27 bits per heavy atom. The Kier molecular flexibility index (Phi) is 5.51. The summed E-state index contributed by atoms with van der Waals surface area (Å²) in [6.45, 7) is 7.48. The van der Waals surface area contributed by atoms with Crippen molar-refractivity contribution in [1.82, 2.24) is 5.32 Å². The van der Waals surface area contributed by atoms with Crippen LogP contribution in [0.1, 0.15) is 27.2 Å². The van der Waals surface area contributed by atoms with Gasteiger partial charge in [-0.05, 0) is 31.8 Å². The molecule has 0 aliphatic carbocycles. The zero-order valence-electron chi connectivity index (χ0n) is 8.22. The minimum Gasteiger partial charge on any atom is -0.330 e. The van der Waals surface area contributed by atoms with E-state index in [0.29, 0.717) is 17.9 Å². The first kappa shape index (κ1) is 10.9. The summed E-state index contributed by atoms with van der Waals surface area (Å²) < 4.78 is 0. The van der Waals surface area contributed by atoms with E-state index in [1.807, 2.05) is 7.05 Å². The van der Waals surface area contributed by atoms with Crippen LogP contribution in [0.25, 0.3) is 0 Å². The van der Waals surface area contributed by atoms with Crippen LogP contribution in [0.2, 0.25) is 0 Å². The van der Waals surface area contributed by atoms with Gasteiger partial charge in [-0.25, -0.2) is 0 Å². The van der Waals surface area contributed by atoms with Gasteiger partial charge in [-0.3, -0.25) is 0 Å². The van der Waals surface area contributed by atoms with Gasteiger partial charge < -0.3 is 11.1 Å². The minimum absolute atomic E-state index is 0.619. The Balaban J connectivity index is 3.68. The summed E-state index contributed by atoms with van der Waals surface area (Å²) in [5, 5.41) is 3.31. The molecule has 0 saturated heterocycles. The van der Waals surface area contributed by atoms with E-state index in [-0.39, 0.29) is 0 Å². The molecule has 0 rings (SSSR count). The first-order chi connectivity index (χ1) is 5.11. The monoisotopic (exact) mass is 158 g/mol. The van der Waals surface area contributed by atoms with Crippen LogP contribution in [0.15, 0.2) is 0 Å². The average molecular weight is 158 g/mol. The van der Waals surface area contributed by atoms with Crippen molar-refractivity contribution >= 4 is 0 Å². The first-order valence-electron chi connectivity index (χ1n) is 4.49. The first-order valence-corrected chi connectivity index (χ1v) is 4.49. The van der Waals surface area contributed by atoms with Gasteiger partial charge in [0.2, 0.25) is 0 Å². The van der Waals surface area contributed by atoms with Gasteiger partial charge in [0.15, 0.2) is 0 Å². The van der Waals surface area contributed by atoms with E-state index in [9.17, 15) is 0 Å². The largest absolute Gasteiger partial charge is 0.330 e. The van der Waals surface area contributed by atoms with E-state index in [1.54, 1.807) is 0 Å². The fraction of sp³-hybridized carbons (Fsp3) is 1.00. The lowest BCUT2D eigenvalue weighted by molar-refractivity contribution is 0.349. The molecule has 2 unspecified atom stereocenters. The molecule has 0 amide bonds. The average Bonchev–Trinajstić information content (AvgIpc) is 1.99. The predicted molar refractivity (Wildman–Crippen MR) is 50.5 cm³/mol. The summed E-state index contributed by atoms with van der Waals surface area (Å²) in [5.41, 5.74) is 5.55. The lowest BCUT2D eigenvalue weighted by Crippen LogP contribution is -2.33. The molecule has 0 aliphatic heterocycles. The van der Waals surface area contributed by atoms with E-state index in [0.717, 1.165) is 6.54 Å². The van der Waals surface area contributed by atoms with Crippen molar-refractivity contribution in [3.63, 3.8) is 0 Å². The number of rotatable bonds is 5. The molecular weight excluding hydrogens is 136 g/mol. The SMILES string of the molecule is CNC(CC(C)CN)C(C)C. The number of nitrogens with two attached hydrogens (primary N) is 1. The number of hydrogen-bond acceptors (Lipinski definition) is 2. The van der Waals surface area contributed by atoms with E-state index in [1.165, 1.54) is 6.42 Å².